The Morgan fingerprint density at radius 2 is 1.96 bits per heavy atom. The maximum atomic E-state index is 6.10. The van der Waals surface area contributed by atoms with Crippen LogP contribution in [0.4, 0.5) is 0 Å². The van der Waals surface area contributed by atoms with E-state index in [0.29, 0.717) is 13.2 Å². The van der Waals surface area contributed by atoms with Crippen molar-refractivity contribution in [3.8, 4) is 5.75 Å². The van der Waals surface area contributed by atoms with Crippen LogP contribution in [0.5, 0.6) is 5.75 Å². The Kier molecular flexibility index (Phi) is 8.82. The SMILES string of the molecule is CN=C(NCc1ccccc1OC(C)(C)C)N1CCOC(C2CCCO2)C1.I. The number of nitrogens with zero attached hydrogens (tertiary/aromatic N) is 2. The molecule has 0 saturated carbocycles. The number of hydrogen-bond acceptors (Lipinski definition) is 4. The fourth-order valence-corrected chi connectivity index (χ4v) is 3.57. The van der Waals surface area contributed by atoms with Gasteiger partial charge >= 0.3 is 0 Å². The molecule has 2 unspecified atom stereocenters. The summed E-state index contributed by atoms with van der Waals surface area (Å²) in [6.45, 7) is 10.1. The molecule has 0 aromatic heterocycles. The quantitative estimate of drug-likeness (QED) is 0.388. The number of morpholine rings is 1. The van der Waals surface area contributed by atoms with Gasteiger partial charge in [-0.3, -0.25) is 4.99 Å². The number of nitrogens with one attached hydrogen (secondary N) is 1. The average molecular weight is 503 g/mol. The van der Waals surface area contributed by atoms with E-state index >= 15 is 0 Å². The number of ether oxygens (including phenoxy) is 3. The maximum absolute atomic E-state index is 6.10. The third-order valence-electron chi connectivity index (χ3n) is 4.81. The van der Waals surface area contributed by atoms with Gasteiger partial charge in [0.2, 0.25) is 0 Å². The van der Waals surface area contributed by atoms with E-state index in [1.807, 2.05) is 25.2 Å². The lowest BCUT2D eigenvalue weighted by Gasteiger charge is -2.37. The van der Waals surface area contributed by atoms with Crippen molar-refractivity contribution < 1.29 is 14.2 Å². The van der Waals surface area contributed by atoms with Gasteiger partial charge in [-0.15, -0.1) is 24.0 Å². The summed E-state index contributed by atoms with van der Waals surface area (Å²) in [5.41, 5.74) is 0.897. The monoisotopic (exact) mass is 503 g/mol. The highest BCUT2D eigenvalue weighted by Crippen LogP contribution is 2.23. The van der Waals surface area contributed by atoms with Crippen LogP contribution in [-0.4, -0.2) is 62.0 Å². The Labute approximate surface area is 186 Å². The van der Waals surface area contributed by atoms with E-state index in [1.54, 1.807) is 0 Å². The minimum Gasteiger partial charge on any atom is -0.488 e. The summed E-state index contributed by atoms with van der Waals surface area (Å²) >= 11 is 0. The molecular weight excluding hydrogens is 469 g/mol. The molecule has 6 nitrogen and oxygen atoms in total. The van der Waals surface area contributed by atoms with Gasteiger partial charge in [0.1, 0.15) is 17.5 Å². The largest absolute Gasteiger partial charge is 0.488 e. The molecule has 0 spiro atoms. The van der Waals surface area contributed by atoms with Gasteiger partial charge in [0, 0.05) is 38.9 Å². The number of para-hydroxylation sites is 1. The van der Waals surface area contributed by atoms with E-state index in [-0.39, 0.29) is 41.8 Å². The minimum atomic E-state index is -0.226. The molecule has 0 aliphatic carbocycles. The highest BCUT2D eigenvalue weighted by atomic mass is 127. The van der Waals surface area contributed by atoms with Gasteiger partial charge in [-0.1, -0.05) is 18.2 Å². The van der Waals surface area contributed by atoms with Crippen molar-refractivity contribution in [1.29, 1.82) is 0 Å². The first-order valence-electron chi connectivity index (χ1n) is 9.92. The van der Waals surface area contributed by atoms with E-state index < -0.39 is 0 Å². The van der Waals surface area contributed by atoms with Crippen LogP contribution in [0.2, 0.25) is 0 Å². The van der Waals surface area contributed by atoms with Gasteiger partial charge in [-0.25, -0.2) is 0 Å². The number of benzene rings is 1. The molecule has 1 N–H and O–H groups in total. The van der Waals surface area contributed by atoms with Crippen LogP contribution in [0.3, 0.4) is 0 Å². The minimum absolute atomic E-state index is 0. The van der Waals surface area contributed by atoms with Crippen molar-refractivity contribution in [3.63, 3.8) is 0 Å². The molecule has 3 rings (SSSR count). The molecule has 7 heteroatoms. The average Bonchev–Trinajstić information content (AvgIpc) is 3.17. The molecule has 2 heterocycles. The normalized spacial score (nSPS) is 23.3. The van der Waals surface area contributed by atoms with Crippen LogP contribution in [-0.2, 0) is 16.0 Å². The van der Waals surface area contributed by atoms with Gasteiger partial charge in [-0.2, -0.15) is 0 Å². The molecule has 0 bridgehead atoms. The van der Waals surface area contributed by atoms with Crippen molar-refractivity contribution in [2.45, 2.75) is 58.0 Å². The van der Waals surface area contributed by atoms with Crippen molar-refractivity contribution in [2.24, 2.45) is 4.99 Å². The summed E-state index contributed by atoms with van der Waals surface area (Å²) in [6, 6.07) is 8.16. The number of hydrogen-bond donors (Lipinski definition) is 1. The van der Waals surface area contributed by atoms with Crippen LogP contribution in [0.15, 0.2) is 29.3 Å². The van der Waals surface area contributed by atoms with Crippen LogP contribution >= 0.6 is 24.0 Å². The standard InChI is InChI=1S/C21H33N3O3.HI/c1-21(2,3)27-17-9-6-5-8-16(17)14-23-20(22-4)24-11-13-26-19(15-24)18-10-7-12-25-18;/h5-6,8-9,18-19H,7,10-15H2,1-4H3,(H,22,23);1H. The van der Waals surface area contributed by atoms with Crippen LogP contribution in [0.25, 0.3) is 0 Å². The van der Waals surface area contributed by atoms with Crippen molar-refractivity contribution in [1.82, 2.24) is 10.2 Å². The van der Waals surface area contributed by atoms with Gasteiger partial charge in [0.25, 0.3) is 0 Å². The fraction of sp³-hybridized carbons (Fsp3) is 0.667. The summed E-state index contributed by atoms with van der Waals surface area (Å²) in [5.74, 6) is 1.80. The van der Waals surface area contributed by atoms with Crippen LogP contribution in [0, 0.1) is 0 Å². The molecule has 2 aliphatic heterocycles. The Morgan fingerprint density at radius 1 is 1.21 bits per heavy atom. The summed E-state index contributed by atoms with van der Waals surface area (Å²) < 4.78 is 17.9. The second-order valence-electron chi connectivity index (χ2n) is 8.13. The molecule has 2 fully saturated rings. The number of aliphatic imine (C=N–C) groups is 1. The second kappa shape index (κ2) is 10.6. The van der Waals surface area contributed by atoms with Gasteiger partial charge in [0.15, 0.2) is 5.96 Å². The van der Waals surface area contributed by atoms with E-state index in [2.05, 4.69) is 42.0 Å². The van der Waals surface area contributed by atoms with Gasteiger partial charge in [-0.05, 0) is 39.7 Å². The topological polar surface area (TPSA) is 55.3 Å². The van der Waals surface area contributed by atoms with Crippen molar-refractivity contribution in [2.75, 3.05) is 33.4 Å². The second-order valence-corrected chi connectivity index (χ2v) is 8.13. The van der Waals surface area contributed by atoms with E-state index in [9.17, 15) is 0 Å². The molecule has 1 aromatic rings. The third-order valence-corrected chi connectivity index (χ3v) is 4.81. The van der Waals surface area contributed by atoms with E-state index in [0.717, 1.165) is 49.8 Å². The number of rotatable bonds is 4. The molecule has 28 heavy (non-hydrogen) atoms. The molecule has 158 valence electrons. The van der Waals surface area contributed by atoms with Gasteiger partial charge < -0.3 is 24.4 Å². The first-order chi connectivity index (χ1) is 13.0. The predicted octanol–water partition coefficient (Wildman–Crippen LogP) is 3.44. The summed E-state index contributed by atoms with van der Waals surface area (Å²) in [4.78, 5) is 6.75. The zero-order valence-electron chi connectivity index (χ0n) is 17.4. The summed E-state index contributed by atoms with van der Waals surface area (Å²) in [6.07, 6.45) is 2.55. The first kappa shape index (κ1) is 23.2. The summed E-state index contributed by atoms with van der Waals surface area (Å²) in [5, 5.41) is 3.49. The van der Waals surface area contributed by atoms with Gasteiger partial charge in [0.05, 0.1) is 12.7 Å². The molecule has 2 aliphatic rings. The summed E-state index contributed by atoms with van der Waals surface area (Å²) in [7, 11) is 1.83. The third kappa shape index (κ3) is 6.49. The molecule has 2 saturated heterocycles. The molecule has 0 radical (unpaired) electrons. The lowest BCUT2D eigenvalue weighted by molar-refractivity contribution is -0.0817. The van der Waals surface area contributed by atoms with Crippen LogP contribution in [0.1, 0.15) is 39.2 Å². The van der Waals surface area contributed by atoms with Crippen LogP contribution < -0.4 is 10.1 Å². The number of halogens is 1. The molecule has 2 atom stereocenters. The number of guanidine groups is 1. The predicted molar refractivity (Wildman–Crippen MR) is 123 cm³/mol. The molecule has 1 aromatic carbocycles. The molecule has 0 amide bonds. The first-order valence-corrected chi connectivity index (χ1v) is 9.92. The highest BCUT2D eigenvalue weighted by molar-refractivity contribution is 14.0. The Hall–Kier alpha value is -1.06. The zero-order valence-corrected chi connectivity index (χ0v) is 19.8. The lowest BCUT2D eigenvalue weighted by Crippen LogP contribution is -2.53. The van der Waals surface area contributed by atoms with Crippen molar-refractivity contribution in [3.05, 3.63) is 29.8 Å². The fourth-order valence-electron chi connectivity index (χ4n) is 3.57. The zero-order chi connectivity index (χ0) is 19.3. The Balaban J connectivity index is 0.00000280. The van der Waals surface area contributed by atoms with E-state index in [1.165, 1.54) is 0 Å². The maximum Gasteiger partial charge on any atom is 0.194 e. The smallest absolute Gasteiger partial charge is 0.194 e. The van der Waals surface area contributed by atoms with E-state index in [4.69, 9.17) is 14.2 Å². The highest BCUT2D eigenvalue weighted by Gasteiger charge is 2.32. The van der Waals surface area contributed by atoms with Crippen molar-refractivity contribution >= 4 is 29.9 Å². The Bertz CT molecular complexity index is 642. The molecular formula is C21H34IN3O3. The lowest BCUT2D eigenvalue weighted by atomic mass is 10.1. The Morgan fingerprint density at radius 3 is 2.64 bits per heavy atom.